The highest BCUT2D eigenvalue weighted by Crippen LogP contribution is 2.52. The Morgan fingerprint density at radius 2 is 2.00 bits per heavy atom. The Balaban J connectivity index is 1.50. The molecule has 12 heteroatoms. The first-order valence-electron chi connectivity index (χ1n) is 10.6. The van der Waals surface area contributed by atoms with Crippen LogP contribution in [0.1, 0.15) is 17.7 Å². The summed E-state index contributed by atoms with van der Waals surface area (Å²) in [6.45, 7) is -0.601. The fourth-order valence-corrected chi connectivity index (χ4v) is 5.43. The number of aliphatic hydroxyl groups excluding tert-OH is 1. The molecular formula is C23H19F2N5O4S. The molecule has 35 heavy (non-hydrogen) atoms. The summed E-state index contributed by atoms with van der Waals surface area (Å²) in [4.78, 5) is 8.07. The normalized spacial score (nSPS) is 19.2. The van der Waals surface area contributed by atoms with E-state index in [0.29, 0.717) is 39.5 Å². The summed E-state index contributed by atoms with van der Waals surface area (Å²) in [5.74, 6) is -3.36. The second kappa shape index (κ2) is 8.14. The van der Waals surface area contributed by atoms with Gasteiger partial charge in [-0.3, -0.25) is 13.6 Å². The van der Waals surface area contributed by atoms with Crippen molar-refractivity contribution < 1.29 is 27.0 Å². The van der Waals surface area contributed by atoms with Gasteiger partial charge in [0, 0.05) is 31.5 Å². The minimum atomic E-state index is -3.99. The van der Waals surface area contributed by atoms with E-state index < -0.39 is 22.0 Å². The molecule has 1 fully saturated rings. The van der Waals surface area contributed by atoms with Crippen molar-refractivity contribution in [3.8, 4) is 28.8 Å². The van der Waals surface area contributed by atoms with Crippen molar-refractivity contribution in [1.29, 1.82) is 5.26 Å². The second-order valence-corrected chi connectivity index (χ2v) is 10.2. The highest BCUT2D eigenvalue weighted by Gasteiger charge is 2.59. The summed E-state index contributed by atoms with van der Waals surface area (Å²) in [5.41, 5.74) is 2.31. The van der Waals surface area contributed by atoms with Crippen molar-refractivity contribution >= 4 is 21.6 Å². The molecule has 1 aliphatic carbocycles. The summed E-state index contributed by atoms with van der Waals surface area (Å²) in [6.07, 6.45) is 2.45. The number of hydrogen-bond donors (Lipinski definition) is 1. The van der Waals surface area contributed by atoms with Gasteiger partial charge in [-0.15, -0.1) is 0 Å². The van der Waals surface area contributed by atoms with Gasteiger partial charge in [0.25, 0.3) is 5.92 Å². The lowest BCUT2D eigenvalue weighted by Gasteiger charge is -2.18. The Labute approximate surface area is 200 Å². The van der Waals surface area contributed by atoms with E-state index in [4.69, 9.17) is 4.74 Å². The van der Waals surface area contributed by atoms with Crippen molar-refractivity contribution in [3.05, 3.63) is 60.0 Å². The molecule has 1 saturated carbocycles. The molecule has 180 valence electrons. The predicted molar refractivity (Wildman–Crippen MR) is 122 cm³/mol. The summed E-state index contributed by atoms with van der Waals surface area (Å²) in [7, 11) is -2.63. The number of nitrogens with zero attached hydrogens (tertiary/aromatic N) is 5. The smallest absolute Gasteiger partial charge is 0.326 e. The Hall–Kier alpha value is -3.82. The van der Waals surface area contributed by atoms with Crippen LogP contribution in [0.15, 0.2) is 48.8 Å². The first kappa shape index (κ1) is 22.9. The Morgan fingerprint density at radius 1 is 1.23 bits per heavy atom. The van der Waals surface area contributed by atoms with Gasteiger partial charge in [-0.05, 0) is 35.9 Å². The fraction of sp³-hybridized carbons (Fsp3) is 0.261. The Bertz CT molecular complexity index is 1470. The summed E-state index contributed by atoms with van der Waals surface area (Å²) >= 11 is 0. The van der Waals surface area contributed by atoms with Crippen molar-refractivity contribution in [2.45, 2.75) is 19.0 Å². The third kappa shape index (κ3) is 4.02. The Kier molecular flexibility index (Phi) is 5.34. The molecule has 2 aromatic carbocycles. The molecule has 2 heterocycles. The number of fused-ring (bicyclic) bond motifs is 1. The lowest BCUT2D eigenvalue weighted by Crippen LogP contribution is -2.37. The van der Waals surface area contributed by atoms with Crippen LogP contribution in [-0.4, -0.2) is 43.0 Å². The molecule has 1 unspecified atom stereocenters. The van der Waals surface area contributed by atoms with Crippen molar-refractivity contribution in [3.63, 3.8) is 0 Å². The van der Waals surface area contributed by atoms with Crippen LogP contribution in [0.2, 0.25) is 0 Å². The third-order valence-electron chi connectivity index (χ3n) is 6.02. The molecule has 0 bridgehead atoms. The Morgan fingerprint density at radius 3 is 2.69 bits per heavy atom. The summed E-state index contributed by atoms with van der Waals surface area (Å²) < 4.78 is 60.6. The van der Waals surface area contributed by atoms with Crippen molar-refractivity contribution in [2.24, 2.45) is 5.92 Å². The highest BCUT2D eigenvalue weighted by atomic mass is 32.2. The first-order valence-corrected chi connectivity index (χ1v) is 12.0. The minimum absolute atomic E-state index is 0.152. The third-order valence-corrected chi connectivity index (χ3v) is 7.81. The van der Waals surface area contributed by atoms with E-state index in [1.807, 2.05) is 0 Å². The van der Waals surface area contributed by atoms with Crippen LogP contribution < -0.4 is 13.3 Å². The largest absolute Gasteiger partial charge is 0.437 e. The number of aromatic nitrogens is 2. The zero-order valence-electron chi connectivity index (χ0n) is 18.4. The average molecular weight is 499 g/mol. The summed E-state index contributed by atoms with van der Waals surface area (Å²) in [5, 5.41) is 18.9. The predicted octanol–water partition coefficient (Wildman–Crippen LogP) is 3.46. The lowest BCUT2D eigenvalue weighted by molar-refractivity contribution is 0.101. The molecule has 9 nitrogen and oxygen atoms in total. The number of aliphatic hydroxyl groups is 1. The van der Waals surface area contributed by atoms with E-state index in [-0.39, 0.29) is 25.5 Å². The number of benzene rings is 2. The summed E-state index contributed by atoms with van der Waals surface area (Å²) in [6, 6.07) is 11.6. The molecular weight excluding hydrogens is 480 g/mol. The van der Waals surface area contributed by atoms with Gasteiger partial charge in [0.05, 0.1) is 47.7 Å². The van der Waals surface area contributed by atoms with Gasteiger partial charge in [0.15, 0.2) is 0 Å². The maximum atomic E-state index is 13.5. The maximum Gasteiger partial charge on any atom is 0.326 e. The SMILES string of the molecule is CN1c2cc(-c3cc(Oc4cncc(CO)n4)ccc3C#N)ccc2N(CC2CC2(F)F)S1(=O)=O. The van der Waals surface area contributed by atoms with Gasteiger partial charge in [0.2, 0.25) is 5.88 Å². The quantitative estimate of drug-likeness (QED) is 0.552. The van der Waals surface area contributed by atoms with Crippen LogP contribution in [0, 0.1) is 17.2 Å². The van der Waals surface area contributed by atoms with Crippen LogP contribution >= 0.6 is 0 Å². The standard InChI is InChI=1S/C23H19F2N5O4S/c1-29-21-6-14(3-5-20(21)30(35(29,32)33)12-16-8-23(16,24)25)19-7-18(4-2-15(19)9-26)34-22-11-27-10-17(13-31)28-22/h2-7,10-11,16,31H,8,12-13H2,1H3. The molecule has 0 saturated heterocycles. The molecule has 0 spiro atoms. The molecule has 2 aliphatic rings. The molecule has 1 aromatic heterocycles. The number of ether oxygens (including phenoxy) is 1. The van der Waals surface area contributed by atoms with Gasteiger partial charge in [-0.1, -0.05) is 6.07 Å². The molecule has 1 atom stereocenters. The molecule has 0 amide bonds. The number of alkyl halides is 2. The molecule has 5 rings (SSSR count). The van der Waals surface area contributed by atoms with E-state index in [1.165, 1.54) is 19.4 Å². The van der Waals surface area contributed by atoms with E-state index in [2.05, 4.69) is 16.0 Å². The zero-order valence-corrected chi connectivity index (χ0v) is 19.2. The highest BCUT2D eigenvalue weighted by molar-refractivity contribution is 7.94. The van der Waals surface area contributed by atoms with Gasteiger partial charge in [0.1, 0.15) is 5.75 Å². The number of nitriles is 1. The number of anilines is 2. The van der Waals surface area contributed by atoms with Crippen molar-refractivity contribution in [2.75, 3.05) is 22.2 Å². The maximum absolute atomic E-state index is 13.5. The molecule has 1 aliphatic heterocycles. The molecule has 0 radical (unpaired) electrons. The van der Waals surface area contributed by atoms with Crippen molar-refractivity contribution in [1.82, 2.24) is 9.97 Å². The van der Waals surface area contributed by atoms with E-state index in [0.717, 1.165) is 8.61 Å². The van der Waals surface area contributed by atoms with Gasteiger partial charge in [-0.25, -0.2) is 13.8 Å². The number of halogens is 2. The number of rotatable bonds is 6. The van der Waals surface area contributed by atoms with E-state index >= 15 is 0 Å². The second-order valence-electron chi connectivity index (χ2n) is 8.30. The van der Waals surface area contributed by atoms with Crippen LogP contribution in [0.5, 0.6) is 11.6 Å². The monoisotopic (exact) mass is 499 g/mol. The minimum Gasteiger partial charge on any atom is -0.437 e. The number of hydrogen-bond acceptors (Lipinski definition) is 7. The van der Waals surface area contributed by atoms with E-state index in [9.17, 15) is 27.6 Å². The lowest BCUT2D eigenvalue weighted by atomic mass is 9.99. The van der Waals surface area contributed by atoms with Crippen LogP contribution in [0.4, 0.5) is 20.2 Å². The molecule has 1 N–H and O–H groups in total. The first-order chi connectivity index (χ1) is 16.6. The van der Waals surface area contributed by atoms with Crippen LogP contribution in [-0.2, 0) is 16.8 Å². The fourth-order valence-electron chi connectivity index (χ4n) is 3.97. The topological polar surface area (TPSA) is 120 Å². The zero-order chi connectivity index (χ0) is 25.0. The van der Waals surface area contributed by atoms with Gasteiger partial charge < -0.3 is 9.84 Å². The van der Waals surface area contributed by atoms with Gasteiger partial charge >= 0.3 is 10.2 Å². The van der Waals surface area contributed by atoms with Crippen LogP contribution in [0.3, 0.4) is 0 Å². The van der Waals surface area contributed by atoms with Crippen LogP contribution in [0.25, 0.3) is 11.1 Å². The molecule has 3 aromatic rings. The van der Waals surface area contributed by atoms with E-state index in [1.54, 1.807) is 36.4 Å². The average Bonchev–Trinajstić information content (AvgIpc) is 3.41. The van der Waals surface area contributed by atoms with Gasteiger partial charge in [-0.2, -0.15) is 13.7 Å².